The van der Waals surface area contributed by atoms with Gasteiger partial charge >= 0.3 is 0 Å². The molecule has 1 aliphatic heterocycles. The fourth-order valence-electron chi connectivity index (χ4n) is 2.50. The van der Waals surface area contributed by atoms with E-state index in [4.69, 9.17) is 16.3 Å². The van der Waals surface area contributed by atoms with Crippen LogP contribution >= 0.6 is 11.6 Å². The zero-order valence-electron chi connectivity index (χ0n) is 13.3. The van der Waals surface area contributed by atoms with Gasteiger partial charge in [-0.05, 0) is 36.4 Å². The van der Waals surface area contributed by atoms with Crippen LogP contribution in [0.2, 0.25) is 5.02 Å². The van der Waals surface area contributed by atoms with E-state index in [1.807, 2.05) is 0 Å². The van der Waals surface area contributed by atoms with Gasteiger partial charge < -0.3 is 10.1 Å². The first-order valence-electron chi connectivity index (χ1n) is 7.72. The number of morpholine rings is 1. The van der Waals surface area contributed by atoms with Gasteiger partial charge in [0.1, 0.15) is 0 Å². The Balaban J connectivity index is 1.80. The van der Waals surface area contributed by atoms with E-state index in [9.17, 15) is 13.2 Å². The number of halogens is 1. The molecule has 2 aromatic carbocycles. The van der Waals surface area contributed by atoms with Crippen LogP contribution < -0.4 is 5.32 Å². The van der Waals surface area contributed by atoms with E-state index >= 15 is 0 Å². The second-order valence-electron chi connectivity index (χ2n) is 5.51. The highest BCUT2D eigenvalue weighted by Gasteiger charge is 2.26. The Morgan fingerprint density at radius 2 is 1.80 bits per heavy atom. The van der Waals surface area contributed by atoms with Gasteiger partial charge in [0.2, 0.25) is 10.0 Å². The zero-order valence-corrected chi connectivity index (χ0v) is 14.9. The molecule has 1 N–H and O–H groups in total. The highest BCUT2D eigenvalue weighted by molar-refractivity contribution is 7.89. The van der Waals surface area contributed by atoms with Crippen LogP contribution in [-0.2, 0) is 14.8 Å². The minimum Gasteiger partial charge on any atom is -0.379 e. The minimum absolute atomic E-state index is 0.137. The molecule has 0 saturated carbocycles. The maximum Gasteiger partial charge on any atom is 0.255 e. The fraction of sp³-hybridized carbons (Fsp3) is 0.235. The third kappa shape index (κ3) is 4.19. The minimum atomic E-state index is -3.61. The van der Waals surface area contributed by atoms with E-state index < -0.39 is 10.0 Å². The van der Waals surface area contributed by atoms with Crippen molar-refractivity contribution in [2.24, 2.45) is 0 Å². The van der Waals surface area contributed by atoms with Gasteiger partial charge in [-0.1, -0.05) is 23.7 Å². The molecule has 132 valence electrons. The molecule has 0 radical (unpaired) electrons. The average molecular weight is 381 g/mol. The van der Waals surface area contributed by atoms with Gasteiger partial charge in [0.05, 0.1) is 18.1 Å². The standard InChI is InChI=1S/C17H17ClN2O4S/c18-14-4-1-3-13(11-14)17(21)19-15-5-2-6-16(12-15)25(22,23)20-7-9-24-10-8-20/h1-6,11-12H,7-10H2,(H,19,21). The summed E-state index contributed by atoms with van der Waals surface area (Å²) in [5.41, 5.74) is 0.799. The molecule has 6 nitrogen and oxygen atoms in total. The number of benzene rings is 2. The van der Waals surface area contributed by atoms with E-state index in [1.165, 1.54) is 16.4 Å². The van der Waals surface area contributed by atoms with Crippen molar-refractivity contribution < 1.29 is 17.9 Å². The molecule has 1 aliphatic rings. The van der Waals surface area contributed by atoms with Crippen molar-refractivity contribution in [3.8, 4) is 0 Å². The van der Waals surface area contributed by atoms with E-state index in [0.29, 0.717) is 42.6 Å². The van der Waals surface area contributed by atoms with Gasteiger partial charge in [-0.2, -0.15) is 4.31 Å². The maximum absolute atomic E-state index is 12.7. The number of amides is 1. The van der Waals surface area contributed by atoms with Crippen molar-refractivity contribution in [1.29, 1.82) is 0 Å². The molecular weight excluding hydrogens is 364 g/mol. The zero-order chi connectivity index (χ0) is 17.9. The van der Waals surface area contributed by atoms with Crippen molar-refractivity contribution in [3.63, 3.8) is 0 Å². The molecule has 0 atom stereocenters. The summed E-state index contributed by atoms with van der Waals surface area (Å²) in [5, 5.41) is 3.15. The van der Waals surface area contributed by atoms with Crippen LogP contribution in [0.5, 0.6) is 0 Å². The molecular formula is C17H17ClN2O4S. The number of ether oxygens (including phenoxy) is 1. The second kappa shape index (κ2) is 7.53. The molecule has 0 bridgehead atoms. The molecule has 3 rings (SSSR count). The molecule has 1 amide bonds. The van der Waals surface area contributed by atoms with Crippen molar-refractivity contribution in [3.05, 3.63) is 59.1 Å². The average Bonchev–Trinajstić information content (AvgIpc) is 2.62. The molecule has 0 aromatic heterocycles. The molecule has 2 aromatic rings. The number of hydrogen-bond acceptors (Lipinski definition) is 4. The Labute approximate surface area is 151 Å². The topological polar surface area (TPSA) is 75.7 Å². The smallest absolute Gasteiger partial charge is 0.255 e. The highest BCUT2D eigenvalue weighted by atomic mass is 35.5. The molecule has 0 unspecified atom stereocenters. The molecule has 8 heteroatoms. The van der Waals surface area contributed by atoms with E-state index in [0.717, 1.165) is 0 Å². The third-order valence-electron chi connectivity index (χ3n) is 3.79. The normalized spacial score (nSPS) is 15.7. The summed E-state index contributed by atoms with van der Waals surface area (Å²) in [5.74, 6) is -0.358. The Hall–Kier alpha value is -1.93. The van der Waals surface area contributed by atoms with Gasteiger partial charge in [-0.25, -0.2) is 8.42 Å². The monoisotopic (exact) mass is 380 g/mol. The van der Waals surface area contributed by atoms with Gasteiger partial charge in [-0.3, -0.25) is 4.79 Å². The van der Waals surface area contributed by atoms with Crippen molar-refractivity contribution in [1.82, 2.24) is 4.31 Å². The number of rotatable bonds is 4. The van der Waals surface area contributed by atoms with Crippen LogP contribution in [0.25, 0.3) is 0 Å². The molecule has 1 fully saturated rings. The number of carbonyl (C=O) groups excluding carboxylic acids is 1. The summed E-state index contributed by atoms with van der Waals surface area (Å²) in [6.07, 6.45) is 0. The summed E-state index contributed by atoms with van der Waals surface area (Å²) in [4.78, 5) is 12.4. The highest BCUT2D eigenvalue weighted by Crippen LogP contribution is 2.21. The lowest BCUT2D eigenvalue weighted by Gasteiger charge is -2.26. The van der Waals surface area contributed by atoms with Crippen molar-refractivity contribution in [2.75, 3.05) is 31.6 Å². The number of nitrogens with zero attached hydrogens (tertiary/aromatic N) is 1. The van der Waals surface area contributed by atoms with Crippen LogP contribution in [0.4, 0.5) is 5.69 Å². The van der Waals surface area contributed by atoms with Crippen LogP contribution in [0, 0.1) is 0 Å². The lowest BCUT2D eigenvalue weighted by molar-refractivity contribution is 0.0730. The second-order valence-corrected chi connectivity index (χ2v) is 7.88. The van der Waals surface area contributed by atoms with Crippen LogP contribution in [0.3, 0.4) is 0 Å². The van der Waals surface area contributed by atoms with Crippen molar-refractivity contribution in [2.45, 2.75) is 4.90 Å². The van der Waals surface area contributed by atoms with E-state index in [2.05, 4.69) is 5.32 Å². The summed E-state index contributed by atoms with van der Waals surface area (Å²) in [6.45, 7) is 1.40. The Kier molecular flexibility index (Phi) is 5.39. The van der Waals surface area contributed by atoms with E-state index in [1.54, 1.807) is 36.4 Å². The molecule has 0 spiro atoms. The Morgan fingerprint density at radius 3 is 2.52 bits per heavy atom. The van der Waals surface area contributed by atoms with E-state index in [-0.39, 0.29) is 10.8 Å². The predicted molar refractivity (Wildman–Crippen MR) is 95.4 cm³/mol. The number of carbonyl (C=O) groups is 1. The first-order chi connectivity index (χ1) is 12.0. The molecule has 0 aliphatic carbocycles. The molecule has 25 heavy (non-hydrogen) atoms. The number of nitrogens with one attached hydrogen (secondary N) is 1. The van der Waals surface area contributed by atoms with Gasteiger partial charge in [0.25, 0.3) is 5.91 Å². The molecule has 1 heterocycles. The van der Waals surface area contributed by atoms with Gasteiger partial charge in [-0.15, -0.1) is 0 Å². The summed E-state index contributed by atoms with van der Waals surface area (Å²) in [6, 6.07) is 12.7. The summed E-state index contributed by atoms with van der Waals surface area (Å²) < 4.78 is 31.9. The van der Waals surface area contributed by atoms with Crippen LogP contribution in [-0.4, -0.2) is 44.9 Å². The number of hydrogen-bond donors (Lipinski definition) is 1. The summed E-state index contributed by atoms with van der Waals surface area (Å²) >= 11 is 5.89. The molecule has 1 saturated heterocycles. The Bertz CT molecular complexity index is 880. The first-order valence-corrected chi connectivity index (χ1v) is 9.53. The quantitative estimate of drug-likeness (QED) is 0.884. The fourth-order valence-corrected chi connectivity index (χ4v) is 4.15. The Morgan fingerprint density at radius 1 is 1.08 bits per heavy atom. The maximum atomic E-state index is 12.7. The lowest BCUT2D eigenvalue weighted by Crippen LogP contribution is -2.40. The summed E-state index contributed by atoms with van der Waals surface area (Å²) in [7, 11) is -3.61. The van der Waals surface area contributed by atoms with Gasteiger partial charge in [0, 0.05) is 29.4 Å². The van der Waals surface area contributed by atoms with Gasteiger partial charge in [0.15, 0.2) is 0 Å². The third-order valence-corrected chi connectivity index (χ3v) is 5.92. The van der Waals surface area contributed by atoms with Crippen LogP contribution in [0.15, 0.2) is 53.4 Å². The lowest BCUT2D eigenvalue weighted by atomic mass is 10.2. The predicted octanol–water partition coefficient (Wildman–Crippen LogP) is 2.61. The van der Waals surface area contributed by atoms with Crippen LogP contribution in [0.1, 0.15) is 10.4 Å². The first kappa shape index (κ1) is 17.9. The largest absolute Gasteiger partial charge is 0.379 e. The van der Waals surface area contributed by atoms with Crippen molar-refractivity contribution >= 4 is 33.2 Å². The number of anilines is 1. The number of sulfonamides is 1. The SMILES string of the molecule is O=C(Nc1cccc(S(=O)(=O)N2CCOCC2)c1)c1cccc(Cl)c1.